The summed E-state index contributed by atoms with van der Waals surface area (Å²) in [5.41, 5.74) is 2.43. The van der Waals surface area contributed by atoms with Gasteiger partial charge in [-0.2, -0.15) is 0 Å². The lowest BCUT2D eigenvalue weighted by Crippen LogP contribution is -2.60. The zero-order chi connectivity index (χ0) is 22.0. The minimum atomic E-state index is -0.235. The van der Waals surface area contributed by atoms with Crippen molar-refractivity contribution in [2.24, 2.45) is 5.92 Å². The number of carbonyl (C=O) groups excluding carboxylic acids is 2. The van der Waals surface area contributed by atoms with Gasteiger partial charge in [-0.1, -0.05) is 37.1 Å². The van der Waals surface area contributed by atoms with Crippen LogP contribution in [0.25, 0.3) is 0 Å². The van der Waals surface area contributed by atoms with E-state index in [9.17, 15) is 9.59 Å². The van der Waals surface area contributed by atoms with Gasteiger partial charge in [0, 0.05) is 44.8 Å². The third kappa shape index (κ3) is 5.22. The van der Waals surface area contributed by atoms with Gasteiger partial charge in [-0.15, -0.1) is 0 Å². The van der Waals surface area contributed by atoms with Gasteiger partial charge in [0.05, 0.1) is 6.04 Å². The number of nitrogens with zero attached hydrogens (tertiary/aromatic N) is 3. The normalized spacial score (nSPS) is 21.6. The lowest BCUT2D eigenvalue weighted by atomic mass is 9.92. The van der Waals surface area contributed by atoms with E-state index < -0.39 is 0 Å². The van der Waals surface area contributed by atoms with Crippen molar-refractivity contribution in [3.63, 3.8) is 0 Å². The summed E-state index contributed by atoms with van der Waals surface area (Å²) in [6, 6.07) is 8.47. The van der Waals surface area contributed by atoms with E-state index in [1.54, 1.807) is 0 Å². The van der Waals surface area contributed by atoms with Gasteiger partial charge in [0.2, 0.25) is 5.91 Å². The van der Waals surface area contributed by atoms with E-state index >= 15 is 0 Å². The molecular weight excluding hydrogens is 388 g/mol. The number of urea groups is 1. The molecule has 2 heterocycles. The van der Waals surface area contributed by atoms with Gasteiger partial charge in [0.25, 0.3) is 0 Å². The van der Waals surface area contributed by atoms with E-state index in [0.29, 0.717) is 24.9 Å². The van der Waals surface area contributed by atoms with Crippen LogP contribution < -0.4 is 5.32 Å². The molecule has 0 unspecified atom stereocenters. The Kier molecular flexibility index (Phi) is 6.56. The molecule has 0 aromatic heterocycles. The maximum atomic E-state index is 13.8. The molecule has 170 valence electrons. The molecule has 6 nitrogen and oxygen atoms in total. The summed E-state index contributed by atoms with van der Waals surface area (Å²) in [5, 5.41) is 3.07. The van der Waals surface area contributed by atoms with E-state index in [4.69, 9.17) is 0 Å². The van der Waals surface area contributed by atoms with Crippen LogP contribution in [-0.2, 0) is 17.8 Å². The Hall–Kier alpha value is -2.08. The molecule has 31 heavy (non-hydrogen) atoms. The third-order valence-corrected chi connectivity index (χ3v) is 7.02. The number of rotatable bonds is 3. The second-order valence-electron chi connectivity index (χ2n) is 10.5. The molecule has 1 N–H and O–H groups in total. The predicted octanol–water partition coefficient (Wildman–Crippen LogP) is 3.26. The van der Waals surface area contributed by atoms with Crippen molar-refractivity contribution >= 4 is 11.9 Å². The van der Waals surface area contributed by atoms with Crippen LogP contribution in [0.4, 0.5) is 4.79 Å². The highest BCUT2D eigenvalue weighted by Gasteiger charge is 2.40. The molecule has 0 spiro atoms. The van der Waals surface area contributed by atoms with Crippen molar-refractivity contribution in [3.05, 3.63) is 35.4 Å². The van der Waals surface area contributed by atoms with E-state index in [0.717, 1.165) is 45.4 Å². The first-order chi connectivity index (χ1) is 14.8. The van der Waals surface area contributed by atoms with Gasteiger partial charge >= 0.3 is 6.03 Å². The second-order valence-corrected chi connectivity index (χ2v) is 10.5. The highest BCUT2D eigenvalue weighted by Crippen LogP contribution is 2.33. The van der Waals surface area contributed by atoms with E-state index in [-0.39, 0.29) is 17.6 Å². The van der Waals surface area contributed by atoms with Gasteiger partial charge in [0.15, 0.2) is 0 Å². The Balaban J connectivity index is 1.43. The number of carbonyl (C=O) groups is 2. The summed E-state index contributed by atoms with van der Waals surface area (Å²) in [5.74, 6) is 0.744. The van der Waals surface area contributed by atoms with E-state index in [1.807, 2.05) is 25.7 Å². The van der Waals surface area contributed by atoms with Gasteiger partial charge < -0.3 is 15.1 Å². The molecule has 1 saturated heterocycles. The van der Waals surface area contributed by atoms with Gasteiger partial charge in [-0.3, -0.25) is 9.69 Å². The van der Waals surface area contributed by atoms with Crippen molar-refractivity contribution in [1.82, 2.24) is 20.0 Å². The summed E-state index contributed by atoms with van der Waals surface area (Å²) >= 11 is 0. The minimum Gasteiger partial charge on any atom is -0.337 e. The Labute approximate surface area is 187 Å². The first-order valence-electron chi connectivity index (χ1n) is 12.0. The molecular formula is C25H38N4O2. The Morgan fingerprint density at radius 3 is 2.23 bits per heavy atom. The fraction of sp³-hybridized carbons (Fsp3) is 0.680. The largest absolute Gasteiger partial charge is 0.337 e. The number of benzene rings is 1. The zero-order valence-electron chi connectivity index (χ0n) is 19.4. The zero-order valence-corrected chi connectivity index (χ0v) is 19.4. The van der Waals surface area contributed by atoms with E-state index in [2.05, 4.69) is 39.4 Å². The first kappa shape index (κ1) is 22.1. The van der Waals surface area contributed by atoms with Crippen LogP contribution in [-0.4, -0.2) is 70.9 Å². The topological polar surface area (TPSA) is 55.9 Å². The molecule has 1 saturated carbocycles. The quantitative estimate of drug-likeness (QED) is 0.807. The van der Waals surface area contributed by atoms with E-state index in [1.165, 1.54) is 24.0 Å². The number of fused-ring (bicyclic) bond motifs is 1. The van der Waals surface area contributed by atoms with Gasteiger partial charge in [0.1, 0.15) is 0 Å². The number of hydrogen-bond donors (Lipinski definition) is 1. The van der Waals surface area contributed by atoms with Crippen LogP contribution in [0.5, 0.6) is 0 Å². The van der Waals surface area contributed by atoms with Crippen LogP contribution in [0.2, 0.25) is 0 Å². The molecule has 3 aliphatic rings. The highest BCUT2D eigenvalue weighted by molar-refractivity contribution is 5.83. The van der Waals surface area contributed by atoms with Crippen LogP contribution in [0.3, 0.4) is 0 Å². The summed E-state index contributed by atoms with van der Waals surface area (Å²) in [7, 11) is 0. The summed E-state index contributed by atoms with van der Waals surface area (Å²) in [6.07, 6.45) is 5.69. The number of nitrogens with one attached hydrogen (secondary N) is 1. The van der Waals surface area contributed by atoms with Crippen LogP contribution in [0.15, 0.2) is 24.3 Å². The molecule has 1 aromatic carbocycles. The molecule has 2 fully saturated rings. The Morgan fingerprint density at radius 2 is 1.58 bits per heavy atom. The monoisotopic (exact) mass is 426 g/mol. The summed E-state index contributed by atoms with van der Waals surface area (Å²) in [4.78, 5) is 32.7. The number of hydrogen-bond acceptors (Lipinski definition) is 3. The van der Waals surface area contributed by atoms with Crippen LogP contribution in [0, 0.1) is 5.92 Å². The van der Waals surface area contributed by atoms with Gasteiger partial charge in [-0.05, 0) is 57.1 Å². The molecule has 0 bridgehead atoms. The molecule has 1 aliphatic carbocycles. The Morgan fingerprint density at radius 1 is 0.935 bits per heavy atom. The average molecular weight is 427 g/mol. The maximum Gasteiger partial charge on any atom is 0.317 e. The Bertz CT molecular complexity index is 789. The van der Waals surface area contributed by atoms with Crippen LogP contribution in [0.1, 0.15) is 57.6 Å². The molecule has 6 heteroatoms. The summed E-state index contributed by atoms with van der Waals surface area (Å²) < 4.78 is 0. The molecule has 1 aromatic rings. The summed E-state index contributed by atoms with van der Waals surface area (Å²) in [6.45, 7) is 10.5. The molecule has 1 atom stereocenters. The molecule has 3 amide bonds. The van der Waals surface area contributed by atoms with Crippen molar-refractivity contribution in [3.8, 4) is 0 Å². The maximum absolute atomic E-state index is 13.8. The standard InChI is InChI=1S/C25H38N4O2/c1-25(2,3)26-24(31)28-16-14-27(15-17-28)22(20-9-5-6-10-20)23(30)29-13-12-19-8-4-7-11-21(19)18-29/h4,7-8,11,20,22H,5-6,9-10,12-18H2,1-3H3,(H,26,31)/t22-/m0/s1. The fourth-order valence-corrected chi connectivity index (χ4v) is 5.40. The SMILES string of the molecule is CC(C)(C)NC(=O)N1CCN([C@H](C(=O)N2CCc3ccccc3C2)C2CCCC2)CC1. The smallest absolute Gasteiger partial charge is 0.317 e. The van der Waals surface area contributed by atoms with Crippen LogP contribution >= 0.6 is 0 Å². The second kappa shape index (κ2) is 9.19. The molecule has 2 aliphatic heterocycles. The van der Waals surface area contributed by atoms with Gasteiger partial charge in [-0.25, -0.2) is 4.79 Å². The van der Waals surface area contributed by atoms with Crippen molar-refractivity contribution in [2.75, 3.05) is 32.7 Å². The fourth-order valence-electron chi connectivity index (χ4n) is 5.40. The predicted molar refractivity (Wildman–Crippen MR) is 123 cm³/mol. The van der Waals surface area contributed by atoms with Crippen molar-refractivity contribution < 1.29 is 9.59 Å². The van der Waals surface area contributed by atoms with Crippen molar-refractivity contribution in [2.45, 2.75) is 71.0 Å². The number of piperazine rings is 1. The lowest BCUT2D eigenvalue weighted by molar-refractivity contribution is -0.141. The third-order valence-electron chi connectivity index (χ3n) is 7.02. The minimum absolute atomic E-state index is 0.00327. The average Bonchev–Trinajstić information content (AvgIpc) is 3.27. The molecule has 4 rings (SSSR count). The van der Waals surface area contributed by atoms with Crippen molar-refractivity contribution in [1.29, 1.82) is 0 Å². The first-order valence-corrected chi connectivity index (χ1v) is 12.0. The lowest BCUT2D eigenvalue weighted by Gasteiger charge is -2.43. The number of amides is 3. The molecule has 0 radical (unpaired) electrons. The highest BCUT2D eigenvalue weighted by atomic mass is 16.2.